The third kappa shape index (κ3) is 4.04. The van der Waals surface area contributed by atoms with E-state index in [4.69, 9.17) is 11.6 Å². The fourth-order valence-corrected chi connectivity index (χ4v) is 4.28. The Hall–Kier alpha value is -2.40. The zero-order valence-corrected chi connectivity index (χ0v) is 17.3. The van der Waals surface area contributed by atoms with Gasteiger partial charge in [0.05, 0.1) is 11.2 Å². The van der Waals surface area contributed by atoms with E-state index in [9.17, 15) is 9.18 Å². The average molecular weight is 402 g/mol. The summed E-state index contributed by atoms with van der Waals surface area (Å²) in [5.74, 6) is -0.553. The second kappa shape index (κ2) is 7.92. The van der Waals surface area contributed by atoms with Crippen molar-refractivity contribution in [3.8, 4) is 0 Å². The van der Waals surface area contributed by atoms with Crippen LogP contribution in [0.4, 0.5) is 10.1 Å². The highest BCUT2D eigenvalue weighted by Gasteiger charge is 2.35. The highest BCUT2D eigenvalue weighted by molar-refractivity contribution is 6.33. The van der Waals surface area contributed by atoms with Crippen LogP contribution in [0.3, 0.4) is 0 Å². The van der Waals surface area contributed by atoms with Crippen molar-refractivity contribution in [2.24, 2.45) is 5.10 Å². The molecule has 1 aliphatic heterocycles. The molecule has 2 aromatic rings. The monoisotopic (exact) mass is 401 g/mol. The van der Waals surface area contributed by atoms with Gasteiger partial charge in [-0.1, -0.05) is 24.6 Å². The van der Waals surface area contributed by atoms with Crippen LogP contribution in [0.15, 0.2) is 41.5 Å². The summed E-state index contributed by atoms with van der Waals surface area (Å²) in [6.45, 7) is 9.77. The minimum absolute atomic E-state index is 0.0685. The van der Waals surface area contributed by atoms with Crippen LogP contribution in [-0.4, -0.2) is 24.2 Å². The molecule has 6 heteroatoms. The molecule has 2 aromatic carbocycles. The smallest absolute Gasteiger partial charge is 0.271 e. The largest absolute Gasteiger partial charge is 0.366 e. The Kier molecular flexibility index (Phi) is 5.75. The Balaban J connectivity index is 1.83. The predicted molar refractivity (Wildman–Crippen MR) is 113 cm³/mol. The second-order valence-corrected chi connectivity index (χ2v) is 8.21. The summed E-state index contributed by atoms with van der Waals surface area (Å²) in [6.07, 6.45) is 2.57. The van der Waals surface area contributed by atoms with E-state index in [-0.39, 0.29) is 11.1 Å². The lowest BCUT2D eigenvalue weighted by atomic mass is 9.79. The van der Waals surface area contributed by atoms with Gasteiger partial charge >= 0.3 is 0 Å². The molecule has 1 aliphatic rings. The van der Waals surface area contributed by atoms with Gasteiger partial charge < -0.3 is 4.90 Å². The molecule has 3 rings (SSSR count). The highest BCUT2D eigenvalue weighted by Crippen LogP contribution is 2.44. The molecule has 0 radical (unpaired) electrons. The molecule has 28 heavy (non-hydrogen) atoms. The first-order chi connectivity index (χ1) is 13.2. The maximum Gasteiger partial charge on any atom is 0.271 e. The molecule has 0 saturated heterocycles. The molecular formula is C22H25ClFN3O. The van der Waals surface area contributed by atoms with Crippen molar-refractivity contribution >= 4 is 29.4 Å². The van der Waals surface area contributed by atoms with E-state index in [0.717, 1.165) is 24.2 Å². The number of amides is 1. The van der Waals surface area contributed by atoms with Crippen LogP contribution in [0.2, 0.25) is 5.02 Å². The fraction of sp³-hybridized carbons (Fsp3) is 0.364. The van der Waals surface area contributed by atoms with Gasteiger partial charge in [-0.05, 0) is 69.0 Å². The van der Waals surface area contributed by atoms with Crippen LogP contribution in [0, 0.1) is 5.82 Å². The number of hydrogen-bond acceptors (Lipinski definition) is 3. The maximum absolute atomic E-state index is 13.2. The summed E-state index contributed by atoms with van der Waals surface area (Å²) in [5, 5.41) is 4.58. The van der Waals surface area contributed by atoms with Gasteiger partial charge in [-0.2, -0.15) is 5.10 Å². The third-order valence-corrected chi connectivity index (χ3v) is 5.60. The number of rotatable bonds is 4. The summed E-state index contributed by atoms with van der Waals surface area (Å²) in [6, 6.07) is 9.49. The molecule has 1 heterocycles. The Morgan fingerprint density at radius 2 is 2.14 bits per heavy atom. The molecule has 4 nitrogen and oxygen atoms in total. The van der Waals surface area contributed by atoms with Crippen molar-refractivity contribution in [1.82, 2.24) is 5.43 Å². The summed E-state index contributed by atoms with van der Waals surface area (Å²) in [5.41, 5.74) is 5.81. The van der Waals surface area contributed by atoms with E-state index in [0.29, 0.717) is 10.9 Å². The van der Waals surface area contributed by atoms with E-state index < -0.39 is 11.7 Å². The zero-order chi connectivity index (χ0) is 20.5. The predicted octanol–water partition coefficient (Wildman–Crippen LogP) is 5.36. The van der Waals surface area contributed by atoms with Gasteiger partial charge in [-0.3, -0.25) is 4.79 Å². The Morgan fingerprint density at radius 3 is 2.82 bits per heavy atom. The van der Waals surface area contributed by atoms with Gasteiger partial charge in [0.25, 0.3) is 5.91 Å². The number of benzene rings is 2. The number of nitrogens with zero attached hydrogens (tertiary/aromatic N) is 2. The van der Waals surface area contributed by atoms with Gasteiger partial charge in [-0.15, -0.1) is 0 Å². The molecule has 0 aliphatic carbocycles. The van der Waals surface area contributed by atoms with E-state index in [2.05, 4.69) is 43.1 Å². The average Bonchev–Trinajstić information content (AvgIpc) is 2.62. The lowest BCUT2D eigenvalue weighted by Gasteiger charge is -2.47. The Morgan fingerprint density at radius 1 is 1.39 bits per heavy atom. The third-order valence-electron chi connectivity index (χ3n) is 5.28. The van der Waals surface area contributed by atoms with E-state index in [1.165, 1.54) is 36.0 Å². The first kappa shape index (κ1) is 20.3. The fourth-order valence-electron chi connectivity index (χ4n) is 4.07. The first-order valence-electron chi connectivity index (χ1n) is 9.43. The van der Waals surface area contributed by atoms with E-state index in [1.807, 2.05) is 12.1 Å². The van der Waals surface area contributed by atoms with Crippen molar-refractivity contribution in [3.05, 3.63) is 63.9 Å². The minimum atomic E-state index is -0.475. The Labute approximate surface area is 170 Å². The second-order valence-electron chi connectivity index (χ2n) is 7.80. The first-order valence-corrected chi connectivity index (χ1v) is 9.80. The van der Waals surface area contributed by atoms with Crippen molar-refractivity contribution in [2.45, 2.75) is 45.6 Å². The van der Waals surface area contributed by atoms with Crippen molar-refractivity contribution in [2.75, 3.05) is 11.4 Å². The SMILES string of the molecule is CCN1c2cc(Cl)c(/C=N\NC(=O)c3cccc(F)c3)cc2C(C)CC1(C)C. The van der Waals surface area contributed by atoms with Crippen LogP contribution in [0.5, 0.6) is 0 Å². The lowest BCUT2D eigenvalue weighted by Crippen LogP contribution is -2.48. The zero-order valence-electron chi connectivity index (χ0n) is 16.6. The van der Waals surface area contributed by atoms with Crippen LogP contribution < -0.4 is 10.3 Å². The van der Waals surface area contributed by atoms with Crippen molar-refractivity contribution in [1.29, 1.82) is 0 Å². The van der Waals surface area contributed by atoms with Gasteiger partial charge in [-0.25, -0.2) is 9.82 Å². The van der Waals surface area contributed by atoms with Crippen LogP contribution >= 0.6 is 11.6 Å². The lowest BCUT2D eigenvalue weighted by molar-refractivity contribution is 0.0954. The molecule has 1 N–H and O–H groups in total. The van der Waals surface area contributed by atoms with Crippen LogP contribution in [0.1, 0.15) is 61.5 Å². The van der Waals surface area contributed by atoms with Crippen molar-refractivity contribution in [3.63, 3.8) is 0 Å². The molecule has 0 bridgehead atoms. The highest BCUT2D eigenvalue weighted by atomic mass is 35.5. The molecule has 0 spiro atoms. The Bertz CT molecular complexity index is 926. The number of hydrazone groups is 1. The van der Waals surface area contributed by atoms with Gasteiger partial charge in [0.2, 0.25) is 0 Å². The summed E-state index contributed by atoms with van der Waals surface area (Å²) >= 11 is 6.50. The number of nitrogens with one attached hydrogen (secondary N) is 1. The number of carbonyl (C=O) groups excluding carboxylic acids is 1. The molecule has 1 atom stereocenters. The van der Waals surface area contributed by atoms with Gasteiger partial charge in [0.1, 0.15) is 5.82 Å². The number of fused-ring (bicyclic) bond motifs is 1. The molecular weight excluding hydrogens is 377 g/mol. The normalized spacial score (nSPS) is 18.2. The summed E-state index contributed by atoms with van der Waals surface area (Å²) in [7, 11) is 0. The maximum atomic E-state index is 13.2. The number of halogens is 2. The number of anilines is 1. The van der Waals surface area contributed by atoms with E-state index in [1.54, 1.807) is 0 Å². The number of carbonyl (C=O) groups is 1. The molecule has 1 unspecified atom stereocenters. The molecule has 1 amide bonds. The molecule has 0 saturated carbocycles. The summed E-state index contributed by atoms with van der Waals surface area (Å²) in [4.78, 5) is 14.5. The summed E-state index contributed by atoms with van der Waals surface area (Å²) < 4.78 is 13.2. The quantitative estimate of drug-likeness (QED) is 0.554. The number of hydrogen-bond donors (Lipinski definition) is 1. The van der Waals surface area contributed by atoms with Gasteiger partial charge in [0.15, 0.2) is 0 Å². The van der Waals surface area contributed by atoms with Crippen molar-refractivity contribution < 1.29 is 9.18 Å². The molecule has 148 valence electrons. The topological polar surface area (TPSA) is 44.7 Å². The molecule has 0 aromatic heterocycles. The van der Waals surface area contributed by atoms with E-state index >= 15 is 0 Å². The van der Waals surface area contributed by atoms with Crippen LogP contribution in [-0.2, 0) is 0 Å². The minimum Gasteiger partial charge on any atom is -0.366 e. The standard InChI is InChI=1S/C22H25ClFN3O/c1-5-27-20-11-19(23)16(10-18(20)14(2)12-22(27,3)4)13-25-26-21(28)15-7-6-8-17(24)9-15/h6-11,13-14H,5,12H2,1-4H3,(H,26,28)/b25-13-. The van der Waals surface area contributed by atoms with Gasteiger partial charge in [0, 0.05) is 28.9 Å². The van der Waals surface area contributed by atoms with Crippen LogP contribution in [0.25, 0.3) is 0 Å². The molecule has 0 fully saturated rings.